The average Bonchev–Trinajstić information content (AvgIpc) is 3.13. The molecule has 1 N–H and O–H groups in total. The zero-order valence-electron chi connectivity index (χ0n) is 21.0. The van der Waals surface area contributed by atoms with Crippen LogP contribution in [0.15, 0.2) is 35.9 Å². The number of aliphatic hydroxyl groups is 1. The van der Waals surface area contributed by atoms with E-state index in [1.807, 2.05) is 0 Å². The van der Waals surface area contributed by atoms with E-state index in [0.717, 1.165) is 44.1 Å². The zero-order valence-corrected chi connectivity index (χ0v) is 21.0. The fraction of sp³-hybridized carbons (Fsp3) is 0.690. The van der Waals surface area contributed by atoms with Gasteiger partial charge >= 0.3 is 0 Å². The Balaban J connectivity index is 1.35. The predicted octanol–water partition coefficient (Wildman–Crippen LogP) is 5.97. The summed E-state index contributed by atoms with van der Waals surface area (Å²) < 4.78 is 25.2. The first-order valence-electron chi connectivity index (χ1n) is 12.9. The Morgan fingerprint density at radius 2 is 1.79 bits per heavy atom. The standard InChI is InChI=1S/C29H39FO4/c1-19(31)29(33-4)14-12-25-23-10-7-21-17-28(32,34-18-20-5-8-22(30)9-6-20)16-15-26(21,2)24(23)11-13-27(25,29)3/h5-9,23-25,32H,10-18H2,1-4H3/t23-,24+,25+,26+,27+,28?,29+/m1/s1. The van der Waals surface area contributed by atoms with E-state index in [2.05, 4.69) is 19.9 Å². The summed E-state index contributed by atoms with van der Waals surface area (Å²) >= 11 is 0. The molecule has 0 spiro atoms. The summed E-state index contributed by atoms with van der Waals surface area (Å²) in [6, 6.07) is 6.26. The van der Waals surface area contributed by atoms with Crippen LogP contribution < -0.4 is 0 Å². The van der Waals surface area contributed by atoms with Crippen molar-refractivity contribution >= 4 is 5.78 Å². The van der Waals surface area contributed by atoms with Gasteiger partial charge in [0.05, 0.1) is 6.61 Å². The van der Waals surface area contributed by atoms with Gasteiger partial charge in [-0.15, -0.1) is 0 Å². The van der Waals surface area contributed by atoms with Crippen LogP contribution in [0.5, 0.6) is 0 Å². The fourth-order valence-corrected chi connectivity index (χ4v) is 8.59. The summed E-state index contributed by atoms with van der Waals surface area (Å²) in [5.74, 6) is 0.331. The summed E-state index contributed by atoms with van der Waals surface area (Å²) in [5.41, 5.74) is 1.50. The molecule has 1 unspecified atom stereocenters. The molecule has 4 aliphatic rings. The van der Waals surface area contributed by atoms with Crippen molar-refractivity contribution in [2.24, 2.45) is 28.6 Å². The number of carbonyl (C=O) groups excluding carboxylic acids is 1. The Hall–Kier alpha value is -1.56. The summed E-state index contributed by atoms with van der Waals surface area (Å²) in [6.07, 6.45) is 9.39. The quantitative estimate of drug-likeness (QED) is 0.426. The second kappa shape index (κ2) is 8.25. The van der Waals surface area contributed by atoms with Gasteiger partial charge < -0.3 is 14.6 Å². The van der Waals surface area contributed by atoms with Gasteiger partial charge in [0.25, 0.3) is 0 Å². The Kier molecular flexibility index (Phi) is 5.86. The third-order valence-corrected chi connectivity index (χ3v) is 10.6. The van der Waals surface area contributed by atoms with Gasteiger partial charge in [0, 0.05) is 25.4 Å². The summed E-state index contributed by atoms with van der Waals surface area (Å²) in [7, 11) is 1.72. The third-order valence-electron chi connectivity index (χ3n) is 10.6. The number of allylic oxidation sites excluding steroid dienone is 1. The minimum Gasteiger partial charge on any atom is -0.370 e. The third kappa shape index (κ3) is 3.45. The number of methoxy groups -OCH3 is 1. The van der Waals surface area contributed by atoms with Crippen molar-refractivity contribution in [3.05, 3.63) is 47.3 Å². The fourth-order valence-electron chi connectivity index (χ4n) is 8.59. The molecule has 5 heteroatoms. The van der Waals surface area contributed by atoms with Crippen molar-refractivity contribution in [2.45, 2.75) is 90.1 Å². The van der Waals surface area contributed by atoms with Crippen molar-refractivity contribution in [1.29, 1.82) is 0 Å². The van der Waals surface area contributed by atoms with E-state index in [1.54, 1.807) is 26.2 Å². The molecule has 4 nitrogen and oxygen atoms in total. The molecule has 0 bridgehead atoms. The van der Waals surface area contributed by atoms with Gasteiger partial charge in [0.2, 0.25) is 0 Å². The highest BCUT2D eigenvalue weighted by atomic mass is 19.1. The molecule has 1 aromatic rings. The normalized spacial score (nSPS) is 43.5. The van der Waals surface area contributed by atoms with Crippen LogP contribution >= 0.6 is 0 Å². The molecular weight excluding hydrogens is 431 g/mol. The molecule has 5 rings (SSSR count). The number of hydrogen-bond donors (Lipinski definition) is 1. The number of ketones is 1. The van der Waals surface area contributed by atoms with E-state index in [0.29, 0.717) is 30.6 Å². The molecule has 0 aromatic heterocycles. The molecule has 4 aliphatic carbocycles. The topological polar surface area (TPSA) is 55.8 Å². The van der Waals surface area contributed by atoms with Crippen LogP contribution in [0.1, 0.15) is 77.7 Å². The molecule has 1 aromatic carbocycles. The molecule has 0 radical (unpaired) electrons. The molecule has 3 fully saturated rings. The van der Waals surface area contributed by atoms with Crippen molar-refractivity contribution < 1.29 is 23.8 Å². The van der Waals surface area contributed by atoms with E-state index in [4.69, 9.17) is 9.47 Å². The Morgan fingerprint density at radius 3 is 2.47 bits per heavy atom. The number of Topliss-reactive ketones (excluding diaryl/α,β-unsaturated/α-hetero) is 1. The van der Waals surface area contributed by atoms with Gasteiger partial charge in [0.1, 0.15) is 11.4 Å². The van der Waals surface area contributed by atoms with Crippen molar-refractivity contribution in [3.8, 4) is 0 Å². The maximum Gasteiger partial charge on any atom is 0.169 e. The van der Waals surface area contributed by atoms with E-state index in [-0.39, 0.29) is 29.0 Å². The molecule has 3 saturated carbocycles. The largest absolute Gasteiger partial charge is 0.370 e. The number of halogens is 1. The molecule has 0 saturated heterocycles. The minimum absolute atomic E-state index is 0.0598. The Labute approximate surface area is 202 Å². The minimum atomic E-state index is -1.18. The highest BCUT2D eigenvalue weighted by molar-refractivity contribution is 5.86. The number of hydrogen-bond acceptors (Lipinski definition) is 4. The maximum absolute atomic E-state index is 13.2. The second-order valence-electron chi connectivity index (χ2n) is 11.9. The number of carbonyl (C=O) groups is 1. The van der Waals surface area contributed by atoms with Gasteiger partial charge in [0.15, 0.2) is 11.6 Å². The first kappa shape index (κ1) is 24.1. The lowest BCUT2D eigenvalue weighted by Crippen LogP contribution is -2.58. The lowest BCUT2D eigenvalue weighted by molar-refractivity contribution is -0.232. The van der Waals surface area contributed by atoms with E-state index in [9.17, 15) is 14.3 Å². The maximum atomic E-state index is 13.2. The first-order valence-corrected chi connectivity index (χ1v) is 12.9. The predicted molar refractivity (Wildman–Crippen MR) is 128 cm³/mol. The molecule has 186 valence electrons. The van der Waals surface area contributed by atoms with Crippen LogP contribution in [-0.4, -0.2) is 29.4 Å². The van der Waals surface area contributed by atoms with E-state index < -0.39 is 11.4 Å². The Bertz CT molecular complexity index is 988. The van der Waals surface area contributed by atoms with Crippen LogP contribution in [-0.2, 0) is 20.9 Å². The van der Waals surface area contributed by atoms with Crippen molar-refractivity contribution in [1.82, 2.24) is 0 Å². The summed E-state index contributed by atoms with van der Waals surface area (Å²) in [6.45, 7) is 6.67. The van der Waals surface area contributed by atoms with Crippen LogP contribution in [0, 0.1) is 34.4 Å². The molecule has 7 atom stereocenters. The smallest absolute Gasteiger partial charge is 0.169 e. The molecular formula is C29H39FO4. The van der Waals surface area contributed by atoms with Crippen LogP contribution in [0.4, 0.5) is 4.39 Å². The zero-order chi connectivity index (χ0) is 24.4. The summed E-state index contributed by atoms with van der Waals surface area (Å²) in [4.78, 5) is 12.8. The van der Waals surface area contributed by atoms with Gasteiger partial charge in [-0.05, 0) is 86.3 Å². The van der Waals surface area contributed by atoms with Gasteiger partial charge in [-0.2, -0.15) is 0 Å². The molecule has 0 amide bonds. The molecule has 0 aliphatic heterocycles. The van der Waals surface area contributed by atoms with Crippen molar-refractivity contribution in [3.63, 3.8) is 0 Å². The van der Waals surface area contributed by atoms with Gasteiger partial charge in [-0.25, -0.2) is 4.39 Å². The van der Waals surface area contributed by atoms with Gasteiger partial charge in [-0.3, -0.25) is 4.79 Å². The second-order valence-corrected chi connectivity index (χ2v) is 11.9. The first-order chi connectivity index (χ1) is 16.1. The van der Waals surface area contributed by atoms with Crippen LogP contribution in [0.3, 0.4) is 0 Å². The molecule has 0 heterocycles. The Morgan fingerprint density at radius 1 is 1.09 bits per heavy atom. The van der Waals surface area contributed by atoms with E-state index in [1.165, 1.54) is 17.7 Å². The highest BCUT2D eigenvalue weighted by Gasteiger charge is 2.66. The number of benzene rings is 1. The van der Waals surface area contributed by atoms with E-state index >= 15 is 0 Å². The molecule has 34 heavy (non-hydrogen) atoms. The summed E-state index contributed by atoms with van der Waals surface area (Å²) in [5, 5.41) is 11.3. The van der Waals surface area contributed by atoms with Crippen LogP contribution in [0.2, 0.25) is 0 Å². The number of rotatable bonds is 5. The lowest BCUT2D eigenvalue weighted by Gasteiger charge is -2.59. The van der Waals surface area contributed by atoms with Crippen LogP contribution in [0.25, 0.3) is 0 Å². The average molecular weight is 471 g/mol. The van der Waals surface area contributed by atoms with Crippen molar-refractivity contribution in [2.75, 3.05) is 7.11 Å². The van der Waals surface area contributed by atoms with Gasteiger partial charge in [-0.1, -0.05) is 37.6 Å². The monoisotopic (exact) mass is 470 g/mol. The SMILES string of the molecule is CO[C@]1(C(C)=O)CC[C@H]2[C@@H]3CC=C4CC(O)(OCc5ccc(F)cc5)CC[C@]4(C)[C@H]3CC[C@@]21C. The highest BCUT2D eigenvalue weighted by Crippen LogP contribution is 2.68. The number of fused-ring (bicyclic) bond motifs is 5. The lowest BCUT2D eigenvalue weighted by atomic mass is 9.46. The number of ether oxygens (including phenoxy) is 2.